The second-order valence-corrected chi connectivity index (χ2v) is 9.28. The summed E-state index contributed by atoms with van der Waals surface area (Å²) < 4.78 is 60.7. The normalized spacial score (nSPS) is 11.7. The van der Waals surface area contributed by atoms with Crippen LogP contribution in [0.25, 0.3) is 11.3 Å². The van der Waals surface area contributed by atoms with Crippen molar-refractivity contribution in [2.24, 2.45) is 5.73 Å². The lowest BCUT2D eigenvalue weighted by Gasteiger charge is -2.23. The maximum Gasteiger partial charge on any atom is 0.422 e. The average Bonchev–Trinajstić information content (AvgIpc) is 2.95. The number of amides is 1. The van der Waals surface area contributed by atoms with Crippen molar-refractivity contribution < 1.29 is 36.9 Å². The zero-order valence-corrected chi connectivity index (χ0v) is 24.4. The molecule has 1 unspecified atom stereocenters. The predicted octanol–water partition coefficient (Wildman–Crippen LogP) is 6.20. The van der Waals surface area contributed by atoms with Crippen molar-refractivity contribution in [3.63, 3.8) is 0 Å². The van der Waals surface area contributed by atoms with Gasteiger partial charge in [0.25, 0.3) is 5.91 Å². The largest absolute Gasteiger partial charge is 0.493 e. The zero-order valence-electron chi connectivity index (χ0n) is 24.4. The molecule has 4 N–H and O–H groups in total. The highest BCUT2D eigenvalue weighted by Crippen LogP contribution is 2.30. The molecule has 1 atom stereocenters. The van der Waals surface area contributed by atoms with Crippen LogP contribution in [0.5, 0.6) is 11.5 Å². The molecular weight excluding hydrogens is 542 g/mol. The molecule has 0 saturated carbocycles. The number of hydrogen-bond acceptors (Lipinski definition) is 6. The Labute approximate surface area is 238 Å². The molecule has 7 nitrogen and oxygen atoms in total. The van der Waals surface area contributed by atoms with E-state index in [4.69, 9.17) is 25.3 Å². The maximum absolute atomic E-state index is 13.4. The molecule has 0 spiro atoms. The molecule has 0 radical (unpaired) electrons. The van der Waals surface area contributed by atoms with Gasteiger partial charge in [0.1, 0.15) is 5.82 Å². The van der Waals surface area contributed by atoms with Gasteiger partial charge in [-0.25, -0.2) is 4.39 Å². The van der Waals surface area contributed by atoms with E-state index in [1.807, 2.05) is 46.8 Å². The summed E-state index contributed by atoms with van der Waals surface area (Å²) in [5.74, 6) is -1.13. The second-order valence-electron chi connectivity index (χ2n) is 9.28. The number of ether oxygens (including phenoxy) is 2. The number of aliphatic hydroxyl groups excluding tert-OH is 1. The van der Waals surface area contributed by atoms with Crippen LogP contribution in [-0.4, -0.2) is 49.5 Å². The van der Waals surface area contributed by atoms with Gasteiger partial charge >= 0.3 is 6.18 Å². The van der Waals surface area contributed by atoms with Crippen LogP contribution < -0.4 is 20.5 Å². The number of aromatic nitrogens is 1. The number of nitrogens with zero attached hydrogens (tertiary/aromatic N) is 1. The molecule has 41 heavy (non-hydrogen) atoms. The van der Waals surface area contributed by atoms with Crippen molar-refractivity contribution in [3.8, 4) is 22.8 Å². The highest BCUT2D eigenvalue weighted by atomic mass is 19.4. The van der Waals surface area contributed by atoms with Gasteiger partial charge in [0.2, 0.25) is 0 Å². The van der Waals surface area contributed by atoms with Crippen LogP contribution in [0.1, 0.15) is 62.2 Å². The van der Waals surface area contributed by atoms with Crippen molar-refractivity contribution in [1.29, 1.82) is 0 Å². The maximum atomic E-state index is 13.4. The lowest BCUT2D eigenvalue weighted by atomic mass is 9.92. The van der Waals surface area contributed by atoms with Crippen molar-refractivity contribution in [1.82, 2.24) is 10.3 Å². The fourth-order valence-electron chi connectivity index (χ4n) is 3.48. The summed E-state index contributed by atoms with van der Waals surface area (Å²) in [4.78, 5) is 17.5. The number of methoxy groups -OCH3 is 1. The Kier molecular flexibility index (Phi) is 13.7. The van der Waals surface area contributed by atoms with E-state index in [9.17, 15) is 22.4 Å². The molecule has 2 aromatic carbocycles. The standard InChI is InChI=1S/C27H29F4N3O3.C2H6.CH4O/c1-16(14-33-25(35)18-7-10-23(24(11-18)36-4)37-15-27(29,30)31)21-12-19(26(2,3)32)13-22(34-21)17-5-8-20(28)9-6-17;2*1-2/h5-13,16H,14-15,32H2,1-4H3,(H,33,35);1-2H3;2H,1H3. The van der Waals surface area contributed by atoms with Gasteiger partial charge in [-0.05, 0) is 74.0 Å². The molecule has 226 valence electrons. The highest BCUT2D eigenvalue weighted by Gasteiger charge is 2.29. The van der Waals surface area contributed by atoms with Crippen molar-refractivity contribution in [2.75, 3.05) is 27.4 Å². The van der Waals surface area contributed by atoms with Gasteiger partial charge in [-0.1, -0.05) is 20.8 Å². The van der Waals surface area contributed by atoms with Crippen LogP contribution in [0.15, 0.2) is 54.6 Å². The van der Waals surface area contributed by atoms with Crippen LogP contribution in [0.3, 0.4) is 0 Å². The number of alkyl halides is 3. The monoisotopic (exact) mass is 581 g/mol. The summed E-state index contributed by atoms with van der Waals surface area (Å²) in [5, 5.41) is 9.81. The van der Waals surface area contributed by atoms with E-state index < -0.39 is 24.2 Å². The van der Waals surface area contributed by atoms with E-state index in [1.165, 1.54) is 37.4 Å². The first kappa shape index (κ1) is 35.3. The van der Waals surface area contributed by atoms with Gasteiger partial charge in [-0.15, -0.1) is 0 Å². The number of carbonyl (C=O) groups excluding carboxylic acids is 1. The molecule has 0 aliphatic rings. The molecule has 11 heteroatoms. The Morgan fingerprint density at radius 2 is 1.63 bits per heavy atom. The van der Waals surface area contributed by atoms with E-state index in [0.29, 0.717) is 11.4 Å². The number of halogens is 4. The number of hydrogen-bond donors (Lipinski definition) is 3. The summed E-state index contributed by atoms with van der Waals surface area (Å²) in [6.45, 7) is 8.36. The Bertz CT molecular complexity index is 1240. The van der Waals surface area contributed by atoms with Crippen LogP contribution in [0.2, 0.25) is 0 Å². The van der Waals surface area contributed by atoms with E-state index in [2.05, 4.69) is 5.32 Å². The van der Waals surface area contributed by atoms with Crippen molar-refractivity contribution in [2.45, 2.75) is 52.3 Å². The Morgan fingerprint density at radius 1 is 1.02 bits per heavy atom. The molecule has 1 heterocycles. The fraction of sp³-hybridized carbons (Fsp3) is 0.400. The summed E-state index contributed by atoms with van der Waals surface area (Å²) >= 11 is 0. The number of aliphatic hydroxyl groups is 1. The van der Waals surface area contributed by atoms with Crippen LogP contribution in [0.4, 0.5) is 17.6 Å². The third-order valence-electron chi connectivity index (χ3n) is 5.62. The third kappa shape index (κ3) is 11.0. The van der Waals surface area contributed by atoms with Gasteiger partial charge in [-0.2, -0.15) is 13.2 Å². The number of benzene rings is 2. The van der Waals surface area contributed by atoms with E-state index in [1.54, 1.807) is 12.1 Å². The van der Waals surface area contributed by atoms with E-state index in [-0.39, 0.29) is 35.3 Å². The van der Waals surface area contributed by atoms with Crippen molar-refractivity contribution in [3.05, 3.63) is 77.2 Å². The average molecular weight is 582 g/mol. The number of rotatable bonds is 9. The minimum absolute atomic E-state index is 0.00781. The molecule has 0 fully saturated rings. The minimum Gasteiger partial charge on any atom is -0.493 e. The molecule has 0 aliphatic heterocycles. The first-order chi connectivity index (χ1) is 19.3. The molecule has 3 rings (SSSR count). The SMILES string of the molecule is CC.CO.COc1cc(C(=O)NCC(C)c2cc(C(C)(C)N)cc(-c3ccc(F)cc3)n2)ccc1OCC(F)(F)F. The van der Waals surface area contributed by atoms with Crippen molar-refractivity contribution >= 4 is 5.91 Å². The van der Waals surface area contributed by atoms with Crippen LogP contribution >= 0.6 is 0 Å². The fourth-order valence-corrected chi connectivity index (χ4v) is 3.48. The number of nitrogens with two attached hydrogens (primary N) is 1. The third-order valence-corrected chi connectivity index (χ3v) is 5.62. The zero-order chi connectivity index (χ0) is 31.4. The summed E-state index contributed by atoms with van der Waals surface area (Å²) in [7, 11) is 2.27. The molecule has 0 aliphatic carbocycles. The first-order valence-electron chi connectivity index (χ1n) is 12.9. The number of nitrogens with one attached hydrogen (secondary N) is 1. The highest BCUT2D eigenvalue weighted by molar-refractivity contribution is 5.94. The molecule has 0 saturated heterocycles. The molecule has 1 amide bonds. The summed E-state index contributed by atoms with van der Waals surface area (Å²) in [6, 6.07) is 13.6. The van der Waals surface area contributed by atoms with Crippen LogP contribution in [0, 0.1) is 5.82 Å². The topological polar surface area (TPSA) is 107 Å². The molecular formula is C30H39F4N3O4. The summed E-state index contributed by atoms with van der Waals surface area (Å²) in [6.07, 6.45) is -4.50. The summed E-state index contributed by atoms with van der Waals surface area (Å²) in [5.41, 5.74) is 8.74. The lowest BCUT2D eigenvalue weighted by molar-refractivity contribution is -0.153. The Balaban J connectivity index is 0.00000201. The van der Waals surface area contributed by atoms with Gasteiger partial charge in [0.15, 0.2) is 18.1 Å². The van der Waals surface area contributed by atoms with Crippen LogP contribution in [-0.2, 0) is 5.54 Å². The van der Waals surface area contributed by atoms with Gasteiger partial charge in [0.05, 0.1) is 12.8 Å². The van der Waals surface area contributed by atoms with Gasteiger partial charge in [-0.3, -0.25) is 9.78 Å². The smallest absolute Gasteiger partial charge is 0.422 e. The Hall–Kier alpha value is -3.70. The van der Waals surface area contributed by atoms with Gasteiger partial charge in [0, 0.05) is 41.9 Å². The predicted molar refractivity (Wildman–Crippen MR) is 152 cm³/mol. The van der Waals surface area contributed by atoms with E-state index >= 15 is 0 Å². The second kappa shape index (κ2) is 15.9. The van der Waals surface area contributed by atoms with Gasteiger partial charge < -0.3 is 25.6 Å². The molecule has 0 bridgehead atoms. The number of pyridine rings is 1. The lowest BCUT2D eigenvalue weighted by Crippen LogP contribution is -2.30. The minimum atomic E-state index is -4.50. The molecule has 3 aromatic rings. The molecule has 1 aromatic heterocycles. The van der Waals surface area contributed by atoms with E-state index in [0.717, 1.165) is 18.2 Å². The first-order valence-corrected chi connectivity index (χ1v) is 12.9. The Morgan fingerprint density at radius 3 is 2.17 bits per heavy atom. The number of carbonyl (C=O) groups is 1. The quantitative estimate of drug-likeness (QED) is 0.260.